The molecule has 2 heterocycles. The van der Waals surface area contributed by atoms with Crippen molar-refractivity contribution in [1.29, 1.82) is 0 Å². The minimum absolute atomic E-state index is 0.0477. The Labute approximate surface area is 171 Å². The van der Waals surface area contributed by atoms with E-state index in [1.165, 1.54) is 15.0 Å². The Morgan fingerprint density at radius 1 is 1.07 bits per heavy atom. The van der Waals surface area contributed by atoms with Crippen molar-refractivity contribution in [2.45, 2.75) is 25.1 Å². The number of benzene rings is 2. The van der Waals surface area contributed by atoms with E-state index in [1.54, 1.807) is 0 Å². The van der Waals surface area contributed by atoms with Crippen LogP contribution in [0.1, 0.15) is 23.3 Å². The van der Waals surface area contributed by atoms with Gasteiger partial charge in [0.1, 0.15) is 0 Å². The van der Waals surface area contributed by atoms with Crippen molar-refractivity contribution in [1.82, 2.24) is 9.62 Å². The fourth-order valence-electron chi connectivity index (χ4n) is 3.89. The van der Waals surface area contributed by atoms with Crippen LogP contribution in [0.5, 0.6) is 0 Å². The van der Waals surface area contributed by atoms with Crippen molar-refractivity contribution in [3.05, 3.63) is 71.1 Å². The van der Waals surface area contributed by atoms with Crippen molar-refractivity contribution < 1.29 is 8.42 Å². The van der Waals surface area contributed by atoms with Crippen LogP contribution >= 0.6 is 11.3 Å². The Morgan fingerprint density at radius 3 is 2.68 bits per heavy atom. The molecule has 28 heavy (non-hydrogen) atoms. The number of hydrogen-bond donors (Lipinski definition) is 1. The summed E-state index contributed by atoms with van der Waals surface area (Å²) < 4.78 is 28.9. The number of piperidine rings is 1. The van der Waals surface area contributed by atoms with E-state index in [0.717, 1.165) is 38.0 Å². The largest absolute Gasteiger partial charge is 0.298 e. The number of hydrogen-bond acceptors (Lipinski definition) is 4. The normalized spacial score (nSPS) is 18.5. The highest BCUT2D eigenvalue weighted by molar-refractivity contribution is 7.88. The third-order valence-corrected chi connectivity index (χ3v) is 7.67. The van der Waals surface area contributed by atoms with Crippen molar-refractivity contribution in [2.75, 3.05) is 19.6 Å². The van der Waals surface area contributed by atoms with Gasteiger partial charge in [-0.15, -0.1) is 11.3 Å². The van der Waals surface area contributed by atoms with Gasteiger partial charge in [-0.05, 0) is 48.4 Å². The lowest BCUT2D eigenvalue weighted by Gasteiger charge is -2.32. The quantitative estimate of drug-likeness (QED) is 0.629. The first-order valence-corrected chi connectivity index (χ1v) is 12.3. The molecule has 0 aliphatic carbocycles. The number of nitrogens with zero attached hydrogens (tertiary/aromatic N) is 1. The Hall–Kier alpha value is -1.73. The monoisotopic (exact) mass is 414 g/mol. The van der Waals surface area contributed by atoms with Crippen LogP contribution in [0.4, 0.5) is 0 Å². The van der Waals surface area contributed by atoms with Crippen molar-refractivity contribution >= 4 is 31.4 Å². The Bertz CT molecular complexity index is 982. The number of fused-ring (bicyclic) bond motifs is 1. The Balaban J connectivity index is 1.31. The van der Waals surface area contributed by atoms with Gasteiger partial charge in [0.25, 0.3) is 0 Å². The molecule has 0 amide bonds. The predicted molar refractivity (Wildman–Crippen MR) is 117 cm³/mol. The molecular formula is C22H26N2O2S2. The van der Waals surface area contributed by atoms with Crippen molar-refractivity contribution in [3.8, 4) is 0 Å². The zero-order valence-electron chi connectivity index (χ0n) is 15.9. The zero-order chi connectivity index (χ0) is 19.4. The first kappa shape index (κ1) is 19.6. The minimum atomic E-state index is -3.29. The van der Waals surface area contributed by atoms with Crippen LogP contribution in [0.2, 0.25) is 0 Å². The molecule has 2 aromatic carbocycles. The van der Waals surface area contributed by atoms with Gasteiger partial charge in [-0.3, -0.25) is 4.90 Å². The first-order valence-electron chi connectivity index (χ1n) is 9.78. The molecule has 1 saturated heterocycles. The number of nitrogens with one attached hydrogen (secondary N) is 1. The van der Waals surface area contributed by atoms with Crippen molar-refractivity contribution in [2.24, 2.45) is 5.92 Å². The van der Waals surface area contributed by atoms with Gasteiger partial charge in [0.05, 0.1) is 5.75 Å². The van der Waals surface area contributed by atoms with E-state index in [1.807, 2.05) is 41.7 Å². The van der Waals surface area contributed by atoms with Gasteiger partial charge in [-0.25, -0.2) is 13.1 Å². The molecule has 6 heteroatoms. The Morgan fingerprint density at radius 2 is 1.86 bits per heavy atom. The molecule has 4 rings (SSSR count). The molecule has 1 aliphatic heterocycles. The van der Waals surface area contributed by atoms with E-state index in [2.05, 4.69) is 40.0 Å². The van der Waals surface area contributed by atoms with Gasteiger partial charge in [0, 0.05) is 29.2 Å². The molecule has 0 radical (unpaired) electrons. The van der Waals surface area contributed by atoms with E-state index in [4.69, 9.17) is 0 Å². The molecule has 0 spiro atoms. The lowest BCUT2D eigenvalue weighted by atomic mass is 9.98. The third kappa shape index (κ3) is 5.20. The van der Waals surface area contributed by atoms with Gasteiger partial charge in [0.15, 0.2) is 0 Å². The summed E-state index contributed by atoms with van der Waals surface area (Å²) in [5.41, 5.74) is 0.824. The molecule has 0 unspecified atom stereocenters. The second kappa shape index (κ2) is 8.74. The zero-order valence-corrected chi connectivity index (χ0v) is 17.5. The average Bonchev–Trinajstić information content (AvgIpc) is 3.09. The van der Waals surface area contributed by atoms with Crippen LogP contribution < -0.4 is 4.72 Å². The fourth-order valence-corrected chi connectivity index (χ4v) is 6.22. The van der Waals surface area contributed by atoms with Crippen molar-refractivity contribution in [3.63, 3.8) is 0 Å². The van der Waals surface area contributed by atoms with Crippen LogP contribution in [-0.2, 0) is 22.3 Å². The third-order valence-electron chi connectivity index (χ3n) is 5.25. The number of thiophene rings is 1. The van der Waals surface area contributed by atoms with E-state index >= 15 is 0 Å². The molecule has 1 aromatic heterocycles. The summed E-state index contributed by atoms with van der Waals surface area (Å²) in [6.45, 7) is 3.51. The molecule has 1 N–H and O–H groups in total. The maximum Gasteiger partial charge on any atom is 0.215 e. The molecule has 0 bridgehead atoms. The molecule has 1 fully saturated rings. The van der Waals surface area contributed by atoms with Crippen LogP contribution in [-0.4, -0.2) is 33.0 Å². The maximum absolute atomic E-state index is 12.4. The average molecular weight is 415 g/mol. The van der Waals surface area contributed by atoms with Gasteiger partial charge in [-0.1, -0.05) is 48.5 Å². The van der Waals surface area contributed by atoms with E-state index in [9.17, 15) is 8.42 Å². The molecule has 4 nitrogen and oxygen atoms in total. The van der Waals surface area contributed by atoms with E-state index in [0.29, 0.717) is 12.5 Å². The number of rotatable bonds is 7. The summed E-state index contributed by atoms with van der Waals surface area (Å²) in [6, 6.07) is 20.1. The predicted octanol–water partition coefficient (Wildman–Crippen LogP) is 4.23. The summed E-state index contributed by atoms with van der Waals surface area (Å²) in [6.07, 6.45) is 2.20. The van der Waals surface area contributed by atoms with Gasteiger partial charge in [0.2, 0.25) is 10.0 Å². The summed E-state index contributed by atoms with van der Waals surface area (Å²) in [7, 11) is -3.29. The molecule has 3 aromatic rings. The lowest BCUT2D eigenvalue weighted by molar-refractivity contribution is 0.170. The topological polar surface area (TPSA) is 49.4 Å². The highest BCUT2D eigenvalue weighted by Crippen LogP contribution is 2.27. The first-order chi connectivity index (χ1) is 13.6. The second-order valence-corrected chi connectivity index (χ2v) is 10.6. The van der Waals surface area contributed by atoms with E-state index < -0.39 is 10.0 Å². The number of sulfonamides is 1. The number of likely N-dealkylation sites (tertiary alicyclic amines) is 1. The highest BCUT2D eigenvalue weighted by Gasteiger charge is 2.22. The van der Waals surface area contributed by atoms with Gasteiger partial charge < -0.3 is 0 Å². The maximum atomic E-state index is 12.4. The molecular weight excluding hydrogens is 388 g/mol. The van der Waals surface area contributed by atoms with Crippen LogP contribution in [0.25, 0.3) is 10.1 Å². The highest BCUT2D eigenvalue weighted by atomic mass is 32.2. The minimum Gasteiger partial charge on any atom is -0.298 e. The van der Waals surface area contributed by atoms with Crippen LogP contribution in [0, 0.1) is 5.92 Å². The van der Waals surface area contributed by atoms with Crippen LogP contribution in [0.3, 0.4) is 0 Å². The molecule has 1 atom stereocenters. The summed E-state index contributed by atoms with van der Waals surface area (Å²) in [5.74, 6) is 0.417. The summed E-state index contributed by atoms with van der Waals surface area (Å²) in [5, 5.41) is 1.31. The van der Waals surface area contributed by atoms with E-state index in [-0.39, 0.29) is 5.75 Å². The lowest BCUT2D eigenvalue weighted by Crippen LogP contribution is -2.40. The fraction of sp³-hybridized carbons (Fsp3) is 0.364. The van der Waals surface area contributed by atoms with Crippen LogP contribution in [0.15, 0.2) is 60.7 Å². The summed E-state index contributed by atoms with van der Waals surface area (Å²) in [4.78, 5) is 3.84. The van der Waals surface area contributed by atoms with Gasteiger partial charge >= 0.3 is 0 Å². The Kier molecular flexibility index (Phi) is 6.11. The summed E-state index contributed by atoms with van der Waals surface area (Å²) >= 11 is 1.86. The molecule has 148 valence electrons. The standard InChI is InChI=1S/C22H26N2O2S2/c25-28(26,17-18-7-2-1-3-8-18)23-14-19-9-6-12-24(15-19)16-21-13-20-10-4-5-11-22(20)27-21/h1-5,7-8,10-11,13,19,23H,6,9,12,14-17H2/t19-/m0/s1. The molecule has 1 aliphatic rings. The smallest absolute Gasteiger partial charge is 0.215 e. The SMILES string of the molecule is O=S(=O)(Cc1ccccc1)NC[C@@H]1CCCN(Cc2cc3ccccc3s2)C1. The molecule has 0 saturated carbocycles. The van der Waals surface area contributed by atoms with Gasteiger partial charge in [-0.2, -0.15) is 0 Å². The second-order valence-electron chi connectivity index (χ2n) is 7.59.